The van der Waals surface area contributed by atoms with Crippen LogP contribution < -0.4 is 0 Å². The standard InChI is InChI=1S/C9H10O4.C4H10O3S.C3H4N2.CHF3O3S/c1-9(8(12)13)4-2-3-6(5-9)7(10)11;1-2-3-4-8(5,6)7;1-2-5-3-4-1;2-1(3,4)8(5,6)7/h2-4H,5H2,1H3,(H,10,11)(H,12,13);2-4H2,1H3,(H,5,6,7);1-3H,(H,4,5);(H,5,6,7). The van der Waals surface area contributed by atoms with Gasteiger partial charge in [-0.3, -0.25) is 13.9 Å². The quantitative estimate of drug-likeness (QED) is 0.271. The molecule has 12 nitrogen and oxygen atoms in total. The Morgan fingerprint density at radius 1 is 1.18 bits per heavy atom. The number of hydrogen-bond donors (Lipinski definition) is 5. The molecule has 0 radical (unpaired) electrons. The molecule has 0 spiro atoms. The van der Waals surface area contributed by atoms with Gasteiger partial charge in [0.1, 0.15) is 0 Å². The summed E-state index contributed by atoms with van der Waals surface area (Å²) >= 11 is 0. The highest BCUT2D eigenvalue weighted by Gasteiger charge is 2.44. The molecule has 0 saturated heterocycles. The second kappa shape index (κ2) is 14.5. The van der Waals surface area contributed by atoms with Crippen molar-refractivity contribution in [3.05, 3.63) is 42.5 Å². The third kappa shape index (κ3) is 15.9. The minimum Gasteiger partial charge on any atom is -0.481 e. The highest BCUT2D eigenvalue weighted by atomic mass is 32.2. The van der Waals surface area contributed by atoms with E-state index in [1.54, 1.807) is 18.7 Å². The first kappa shape index (κ1) is 33.4. The van der Waals surface area contributed by atoms with E-state index in [9.17, 15) is 31.2 Å². The lowest BCUT2D eigenvalue weighted by atomic mass is 9.80. The first-order valence-corrected chi connectivity index (χ1v) is 12.1. The Morgan fingerprint density at radius 3 is 1.94 bits per heavy atom. The largest absolute Gasteiger partial charge is 0.522 e. The van der Waals surface area contributed by atoms with Gasteiger partial charge < -0.3 is 15.2 Å². The number of carbonyl (C=O) groups is 2. The molecule has 0 fully saturated rings. The number of halogens is 3. The Kier molecular flexibility index (Phi) is 14.2. The summed E-state index contributed by atoms with van der Waals surface area (Å²) in [6.07, 6.45) is 10.8. The van der Waals surface area contributed by atoms with Crippen LogP contribution in [0.1, 0.15) is 33.1 Å². The molecule has 0 bridgehead atoms. The number of aromatic nitrogens is 2. The van der Waals surface area contributed by atoms with Crippen molar-refractivity contribution >= 4 is 32.2 Å². The van der Waals surface area contributed by atoms with Gasteiger partial charge in [0.2, 0.25) is 0 Å². The lowest BCUT2D eigenvalue weighted by Crippen LogP contribution is -2.28. The van der Waals surface area contributed by atoms with Crippen LogP contribution in [-0.4, -0.2) is 69.3 Å². The van der Waals surface area contributed by atoms with E-state index >= 15 is 0 Å². The Hall–Kier alpha value is -2.76. The van der Waals surface area contributed by atoms with Crippen molar-refractivity contribution in [3.8, 4) is 0 Å². The van der Waals surface area contributed by atoms with Gasteiger partial charge >= 0.3 is 27.6 Å². The molecule has 17 heteroatoms. The number of aromatic amines is 1. The first-order chi connectivity index (χ1) is 15.3. The topological polar surface area (TPSA) is 212 Å². The lowest BCUT2D eigenvalue weighted by molar-refractivity contribution is -0.145. The van der Waals surface area contributed by atoms with Crippen LogP contribution in [0.3, 0.4) is 0 Å². The summed E-state index contributed by atoms with van der Waals surface area (Å²) in [6.45, 7) is 3.37. The molecule has 1 aromatic rings. The average Bonchev–Trinajstić information content (AvgIpc) is 3.25. The number of aliphatic carboxylic acids is 2. The number of rotatable bonds is 5. The molecule has 196 valence electrons. The minimum absolute atomic E-state index is 0.0359. The average molecular weight is 539 g/mol. The number of H-pyrrole nitrogens is 1. The third-order valence-electron chi connectivity index (χ3n) is 3.54. The summed E-state index contributed by atoms with van der Waals surface area (Å²) in [5.74, 6) is -2.17. The third-order valence-corrected chi connectivity index (χ3v) is 4.93. The van der Waals surface area contributed by atoms with E-state index in [-0.39, 0.29) is 17.7 Å². The molecular weight excluding hydrogens is 513 g/mol. The van der Waals surface area contributed by atoms with Crippen LogP contribution in [0, 0.1) is 5.41 Å². The van der Waals surface area contributed by atoms with Crippen molar-refractivity contribution in [2.75, 3.05) is 5.75 Å². The van der Waals surface area contributed by atoms with Gasteiger partial charge in [0, 0.05) is 18.0 Å². The van der Waals surface area contributed by atoms with Crippen LogP contribution in [0.5, 0.6) is 0 Å². The van der Waals surface area contributed by atoms with Gasteiger partial charge in [-0.05, 0) is 19.8 Å². The normalized spacial score (nSPS) is 17.4. The highest BCUT2D eigenvalue weighted by Crippen LogP contribution is 2.31. The molecule has 1 atom stereocenters. The maximum atomic E-state index is 10.8. The molecule has 0 aromatic carbocycles. The first-order valence-electron chi connectivity index (χ1n) is 9.03. The van der Waals surface area contributed by atoms with Crippen molar-refractivity contribution in [2.45, 2.75) is 38.6 Å². The summed E-state index contributed by atoms with van der Waals surface area (Å²) < 4.78 is 85.6. The molecule has 5 N–H and O–H groups in total. The van der Waals surface area contributed by atoms with Crippen molar-refractivity contribution in [1.29, 1.82) is 0 Å². The van der Waals surface area contributed by atoms with Crippen molar-refractivity contribution in [2.24, 2.45) is 5.41 Å². The van der Waals surface area contributed by atoms with E-state index < -0.39 is 43.1 Å². The van der Waals surface area contributed by atoms with Gasteiger partial charge in [0.25, 0.3) is 10.1 Å². The zero-order chi connectivity index (χ0) is 27.2. The second-order valence-electron chi connectivity index (χ2n) is 6.58. The number of unbranched alkanes of at least 4 members (excludes halogenated alkanes) is 1. The maximum Gasteiger partial charge on any atom is 0.522 e. The summed E-state index contributed by atoms with van der Waals surface area (Å²) in [7, 11) is -9.53. The van der Waals surface area contributed by atoms with Crippen LogP contribution in [0.15, 0.2) is 42.5 Å². The number of imidazole rings is 1. The predicted octanol–water partition coefficient (Wildman–Crippen LogP) is 2.53. The molecule has 0 amide bonds. The zero-order valence-corrected chi connectivity index (χ0v) is 19.6. The molecule has 1 aliphatic carbocycles. The number of nitrogens with one attached hydrogen (secondary N) is 1. The number of allylic oxidation sites excluding steroid dienone is 2. The van der Waals surface area contributed by atoms with Crippen molar-refractivity contribution in [1.82, 2.24) is 9.97 Å². The van der Waals surface area contributed by atoms with Gasteiger partial charge in [-0.25, -0.2) is 9.78 Å². The SMILES string of the molecule is CC1(C(=O)O)C=CC=C(C(=O)O)C1.CCCCS(=O)(=O)O.O=S(=O)(O)C(F)(F)F.c1c[nH]cn1. The Balaban J connectivity index is 0. The van der Waals surface area contributed by atoms with Crippen molar-refractivity contribution in [3.63, 3.8) is 0 Å². The number of carboxylic acids is 2. The van der Waals surface area contributed by atoms with Crippen LogP contribution >= 0.6 is 0 Å². The summed E-state index contributed by atoms with van der Waals surface area (Å²) in [4.78, 5) is 27.8. The van der Waals surface area contributed by atoms with Gasteiger partial charge in [-0.15, -0.1) is 0 Å². The fourth-order valence-corrected chi connectivity index (χ4v) is 2.38. The van der Waals surface area contributed by atoms with Crippen molar-refractivity contribution < 1.29 is 58.9 Å². The molecule has 1 unspecified atom stereocenters. The van der Waals surface area contributed by atoms with E-state index in [4.69, 9.17) is 27.7 Å². The maximum absolute atomic E-state index is 10.8. The molecule has 34 heavy (non-hydrogen) atoms. The smallest absolute Gasteiger partial charge is 0.481 e. The second-order valence-corrected chi connectivity index (χ2v) is 9.56. The van der Waals surface area contributed by atoms with Gasteiger partial charge in [0.05, 0.1) is 17.5 Å². The summed E-state index contributed by atoms with van der Waals surface area (Å²) in [5, 5.41) is 17.5. The van der Waals surface area contributed by atoms with E-state index in [0.717, 1.165) is 6.42 Å². The van der Waals surface area contributed by atoms with E-state index in [0.29, 0.717) is 6.42 Å². The number of carboxylic acid groups (broad SMARTS) is 2. The predicted molar refractivity (Wildman–Crippen MR) is 113 cm³/mol. The molecule has 1 aliphatic rings. The summed E-state index contributed by atoms with van der Waals surface area (Å²) in [5.41, 5.74) is -6.48. The van der Waals surface area contributed by atoms with Gasteiger partial charge in [-0.2, -0.15) is 30.0 Å². The molecule has 1 aromatic heterocycles. The Labute approximate surface area is 193 Å². The number of nitrogens with zero attached hydrogens (tertiary/aromatic N) is 1. The zero-order valence-electron chi connectivity index (χ0n) is 17.9. The Bertz CT molecular complexity index is 1020. The fraction of sp³-hybridized carbons (Fsp3) is 0.471. The van der Waals surface area contributed by atoms with Crippen LogP contribution in [0.2, 0.25) is 0 Å². The monoisotopic (exact) mass is 538 g/mol. The Morgan fingerprint density at radius 2 is 1.71 bits per heavy atom. The lowest BCUT2D eigenvalue weighted by Gasteiger charge is -2.23. The molecule has 2 rings (SSSR count). The fourth-order valence-electron chi connectivity index (χ4n) is 1.73. The molecule has 0 aliphatic heterocycles. The van der Waals surface area contributed by atoms with Crippen LogP contribution in [0.25, 0.3) is 0 Å². The van der Waals surface area contributed by atoms with Crippen LogP contribution in [0.4, 0.5) is 13.2 Å². The number of hydrogen-bond acceptors (Lipinski definition) is 7. The van der Waals surface area contributed by atoms with E-state index in [1.807, 2.05) is 6.92 Å². The highest BCUT2D eigenvalue weighted by molar-refractivity contribution is 7.86. The van der Waals surface area contributed by atoms with Gasteiger partial charge in [-0.1, -0.05) is 31.6 Å². The number of alkyl halides is 3. The van der Waals surface area contributed by atoms with Gasteiger partial charge in [0.15, 0.2) is 0 Å². The molecule has 0 saturated carbocycles. The van der Waals surface area contributed by atoms with Crippen LogP contribution in [-0.2, 0) is 29.8 Å². The summed E-state index contributed by atoms with van der Waals surface area (Å²) in [6, 6.07) is 0. The molecule has 1 heterocycles. The van der Waals surface area contributed by atoms with E-state index in [1.165, 1.54) is 25.2 Å². The van der Waals surface area contributed by atoms with E-state index in [2.05, 4.69) is 9.97 Å². The molecular formula is C17H25F3N2O10S2. The minimum atomic E-state index is -5.84.